The van der Waals surface area contributed by atoms with Crippen LogP contribution >= 0.6 is 0 Å². The first-order valence-electron chi connectivity index (χ1n) is 9.19. The summed E-state index contributed by atoms with van der Waals surface area (Å²) >= 11 is 0. The van der Waals surface area contributed by atoms with Crippen LogP contribution in [0.5, 0.6) is 0 Å². The maximum atomic E-state index is 12.8. The molecule has 0 saturated carbocycles. The van der Waals surface area contributed by atoms with Crippen molar-refractivity contribution >= 4 is 29.0 Å². The number of ether oxygens (including phenoxy) is 1. The summed E-state index contributed by atoms with van der Waals surface area (Å²) in [5, 5.41) is 4.71. The molecule has 0 saturated heterocycles. The number of nitrogens with zero attached hydrogens (tertiary/aromatic N) is 2. The highest BCUT2D eigenvalue weighted by Crippen LogP contribution is 2.21. The SMILES string of the molecule is CCOC(=O)c1cc2ccccc2n1C(=O)CC/C=N/OCc1ccccc1. The number of hydrogen-bond acceptors (Lipinski definition) is 5. The lowest BCUT2D eigenvalue weighted by molar-refractivity contribution is 0.0509. The molecular weight excluding hydrogens is 356 g/mol. The smallest absolute Gasteiger partial charge is 0.355 e. The maximum absolute atomic E-state index is 12.8. The minimum absolute atomic E-state index is 0.196. The fraction of sp³-hybridized carbons (Fsp3) is 0.227. The van der Waals surface area contributed by atoms with Gasteiger partial charge in [0.15, 0.2) is 0 Å². The number of carbonyl (C=O) groups is 2. The molecule has 0 aliphatic heterocycles. The van der Waals surface area contributed by atoms with Crippen LogP contribution in [0.4, 0.5) is 0 Å². The highest BCUT2D eigenvalue weighted by atomic mass is 16.6. The summed E-state index contributed by atoms with van der Waals surface area (Å²) < 4.78 is 6.51. The molecule has 28 heavy (non-hydrogen) atoms. The number of benzene rings is 2. The number of oxime groups is 1. The molecule has 0 bridgehead atoms. The van der Waals surface area contributed by atoms with E-state index in [-0.39, 0.29) is 24.6 Å². The lowest BCUT2D eigenvalue weighted by Gasteiger charge is -2.08. The van der Waals surface area contributed by atoms with Gasteiger partial charge in [0.1, 0.15) is 12.3 Å². The van der Waals surface area contributed by atoms with Crippen molar-refractivity contribution < 1.29 is 19.2 Å². The van der Waals surface area contributed by atoms with E-state index < -0.39 is 5.97 Å². The second-order valence-electron chi connectivity index (χ2n) is 6.12. The molecule has 0 unspecified atom stereocenters. The highest BCUT2D eigenvalue weighted by Gasteiger charge is 2.20. The molecule has 0 aliphatic rings. The van der Waals surface area contributed by atoms with Crippen molar-refractivity contribution in [1.29, 1.82) is 0 Å². The van der Waals surface area contributed by atoms with Crippen LogP contribution < -0.4 is 0 Å². The third-order valence-electron chi connectivity index (χ3n) is 4.16. The first kappa shape index (κ1) is 19.4. The molecule has 6 heteroatoms. The molecule has 6 nitrogen and oxygen atoms in total. The molecule has 1 heterocycles. The van der Waals surface area contributed by atoms with Gasteiger partial charge in [0.25, 0.3) is 0 Å². The Morgan fingerprint density at radius 3 is 2.61 bits per heavy atom. The predicted octanol–water partition coefficient (Wildman–Crippen LogP) is 4.44. The van der Waals surface area contributed by atoms with Crippen molar-refractivity contribution in [3.8, 4) is 0 Å². The van der Waals surface area contributed by atoms with Gasteiger partial charge in [-0.05, 0) is 31.0 Å². The van der Waals surface area contributed by atoms with E-state index in [9.17, 15) is 9.59 Å². The monoisotopic (exact) mass is 378 g/mol. The summed E-state index contributed by atoms with van der Waals surface area (Å²) in [4.78, 5) is 30.2. The van der Waals surface area contributed by atoms with Crippen LogP contribution in [0.2, 0.25) is 0 Å². The quantitative estimate of drug-likeness (QED) is 0.330. The molecule has 144 valence electrons. The van der Waals surface area contributed by atoms with Gasteiger partial charge in [-0.1, -0.05) is 53.7 Å². The molecule has 0 fully saturated rings. The summed E-state index contributed by atoms with van der Waals surface area (Å²) in [5.74, 6) is -0.703. The van der Waals surface area contributed by atoms with Crippen LogP contribution in [0.25, 0.3) is 10.9 Å². The Hall–Kier alpha value is -3.41. The van der Waals surface area contributed by atoms with Crippen molar-refractivity contribution in [3.05, 3.63) is 71.9 Å². The number of rotatable bonds is 8. The fourth-order valence-electron chi connectivity index (χ4n) is 2.87. The Balaban J connectivity index is 1.63. The van der Waals surface area contributed by atoms with Crippen molar-refractivity contribution in [2.75, 3.05) is 6.61 Å². The minimum atomic E-state index is -0.507. The number of esters is 1. The standard InChI is InChI=1S/C22H22N2O4/c1-2-27-22(26)20-15-18-11-6-7-12-19(18)24(20)21(25)13-8-14-23-28-16-17-9-4-3-5-10-17/h3-7,9-12,14-15H,2,8,13,16H2,1H3/b23-14+. The zero-order valence-electron chi connectivity index (χ0n) is 15.7. The molecule has 0 radical (unpaired) electrons. The van der Waals surface area contributed by atoms with Gasteiger partial charge in [0.05, 0.1) is 12.1 Å². The van der Waals surface area contributed by atoms with Gasteiger partial charge in [0.2, 0.25) is 5.91 Å². The normalized spacial score (nSPS) is 11.0. The third kappa shape index (κ3) is 4.65. The van der Waals surface area contributed by atoms with Gasteiger partial charge in [-0.25, -0.2) is 4.79 Å². The van der Waals surface area contributed by atoms with Crippen molar-refractivity contribution in [2.45, 2.75) is 26.4 Å². The van der Waals surface area contributed by atoms with E-state index in [1.165, 1.54) is 4.57 Å². The van der Waals surface area contributed by atoms with E-state index in [0.29, 0.717) is 18.5 Å². The van der Waals surface area contributed by atoms with Crippen LogP contribution in [0, 0.1) is 0 Å². The van der Waals surface area contributed by atoms with E-state index in [4.69, 9.17) is 9.57 Å². The summed E-state index contributed by atoms with van der Waals surface area (Å²) in [6.45, 7) is 2.36. The maximum Gasteiger partial charge on any atom is 0.355 e. The number of fused-ring (bicyclic) bond motifs is 1. The summed E-state index contributed by atoms with van der Waals surface area (Å²) in [6.07, 6.45) is 2.17. The van der Waals surface area contributed by atoms with Gasteiger partial charge >= 0.3 is 5.97 Å². The molecule has 0 atom stereocenters. The average Bonchev–Trinajstić information content (AvgIpc) is 3.11. The zero-order chi connectivity index (χ0) is 19.8. The number of aromatic nitrogens is 1. The summed E-state index contributed by atoms with van der Waals surface area (Å²) in [7, 11) is 0. The highest BCUT2D eigenvalue weighted by molar-refractivity contribution is 6.03. The molecule has 3 rings (SSSR count). The van der Waals surface area contributed by atoms with Gasteiger partial charge < -0.3 is 9.57 Å². The van der Waals surface area contributed by atoms with Gasteiger partial charge in [0, 0.05) is 18.0 Å². The molecule has 1 aromatic heterocycles. The largest absolute Gasteiger partial charge is 0.461 e. The second-order valence-corrected chi connectivity index (χ2v) is 6.12. The lowest BCUT2D eigenvalue weighted by Crippen LogP contribution is -2.18. The molecule has 2 aromatic carbocycles. The third-order valence-corrected chi connectivity index (χ3v) is 4.16. The Labute approximate surface area is 163 Å². The molecule has 0 aliphatic carbocycles. The van der Waals surface area contributed by atoms with Crippen LogP contribution in [0.3, 0.4) is 0 Å². The van der Waals surface area contributed by atoms with Gasteiger partial charge in [-0.15, -0.1) is 0 Å². The summed E-state index contributed by atoms with van der Waals surface area (Å²) in [5.41, 5.74) is 1.95. The first-order valence-corrected chi connectivity index (χ1v) is 9.19. The molecule has 0 spiro atoms. The van der Waals surface area contributed by atoms with Crippen LogP contribution in [-0.4, -0.2) is 29.3 Å². The number of carbonyl (C=O) groups excluding carboxylic acids is 2. The van der Waals surface area contributed by atoms with Crippen LogP contribution in [0.15, 0.2) is 65.8 Å². The van der Waals surface area contributed by atoms with Crippen molar-refractivity contribution in [1.82, 2.24) is 4.57 Å². The van der Waals surface area contributed by atoms with Gasteiger partial charge in [-0.3, -0.25) is 9.36 Å². The van der Waals surface area contributed by atoms with Gasteiger partial charge in [-0.2, -0.15) is 0 Å². The molecule has 0 N–H and O–H groups in total. The molecule has 3 aromatic rings. The number of para-hydroxylation sites is 1. The molecule has 0 amide bonds. The van der Waals surface area contributed by atoms with E-state index in [0.717, 1.165) is 10.9 Å². The summed E-state index contributed by atoms with van der Waals surface area (Å²) in [6, 6.07) is 18.8. The Bertz CT molecular complexity index is 977. The topological polar surface area (TPSA) is 69.9 Å². The van der Waals surface area contributed by atoms with Crippen LogP contribution in [-0.2, 0) is 16.2 Å². The second kappa shape index (κ2) is 9.50. The van der Waals surface area contributed by atoms with Crippen molar-refractivity contribution in [3.63, 3.8) is 0 Å². The lowest BCUT2D eigenvalue weighted by atomic mass is 10.2. The Morgan fingerprint density at radius 1 is 1.07 bits per heavy atom. The van der Waals surface area contributed by atoms with E-state index >= 15 is 0 Å². The van der Waals surface area contributed by atoms with E-state index in [1.54, 1.807) is 19.2 Å². The molecular formula is C22H22N2O4. The first-order chi connectivity index (χ1) is 13.7. The average molecular weight is 378 g/mol. The predicted molar refractivity (Wildman–Crippen MR) is 107 cm³/mol. The Morgan fingerprint density at radius 2 is 1.82 bits per heavy atom. The fourth-order valence-corrected chi connectivity index (χ4v) is 2.87. The van der Waals surface area contributed by atoms with E-state index in [2.05, 4.69) is 5.16 Å². The number of hydrogen-bond donors (Lipinski definition) is 0. The van der Waals surface area contributed by atoms with Crippen molar-refractivity contribution in [2.24, 2.45) is 5.16 Å². The van der Waals surface area contributed by atoms with E-state index in [1.807, 2.05) is 54.6 Å². The van der Waals surface area contributed by atoms with Crippen LogP contribution in [0.1, 0.15) is 40.6 Å². The minimum Gasteiger partial charge on any atom is -0.461 e. The zero-order valence-corrected chi connectivity index (χ0v) is 15.7. The Kier molecular flexibility index (Phi) is 6.57.